The first-order valence-electron chi connectivity index (χ1n) is 10.8. The predicted molar refractivity (Wildman–Crippen MR) is 146 cm³/mol. The Kier molecular flexibility index (Phi) is 7.43. The van der Waals surface area contributed by atoms with Crippen LogP contribution in [0.2, 0.25) is 5.02 Å². The zero-order valence-electron chi connectivity index (χ0n) is 18.8. The SMILES string of the molecule is O=C1C(=O)N(c2nnc(SCc3ccc(F)cc3)s2)C(c2ccc(Br)cc2)/C1=C(/O)c1ccc(Cl)cc1. The molecule has 0 bridgehead atoms. The molecule has 2 heterocycles. The molecule has 4 aromatic rings. The highest BCUT2D eigenvalue weighted by Gasteiger charge is 2.48. The van der Waals surface area contributed by atoms with Gasteiger partial charge in [-0.25, -0.2) is 4.39 Å². The van der Waals surface area contributed by atoms with Crippen molar-refractivity contribution in [3.05, 3.63) is 110 Å². The quantitative estimate of drug-likeness (QED) is 0.0825. The Balaban J connectivity index is 1.53. The van der Waals surface area contributed by atoms with Crippen LogP contribution in [0.4, 0.5) is 9.52 Å². The Morgan fingerprint density at radius 1 is 1.03 bits per heavy atom. The maximum atomic E-state index is 13.3. The minimum atomic E-state index is -0.910. The van der Waals surface area contributed by atoms with E-state index >= 15 is 0 Å². The molecule has 0 radical (unpaired) electrons. The summed E-state index contributed by atoms with van der Waals surface area (Å²) in [5.41, 5.74) is 1.83. The van der Waals surface area contributed by atoms with Gasteiger partial charge in [-0.3, -0.25) is 14.5 Å². The number of anilines is 1. The van der Waals surface area contributed by atoms with Crippen molar-refractivity contribution < 1.29 is 19.1 Å². The Hall–Kier alpha value is -3.05. The first-order valence-corrected chi connectivity index (χ1v) is 13.8. The molecule has 11 heteroatoms. The first-order chi connectivity index (χ1) is 17.8. The van der Waals surface area contributed by atoms with Gasteiger partial charge in [0.1, 0.15) is 11.6 Å². The lowest BCUT2D eigenvalue weighted by atomic mass is 9.95. The fourth-order valence-corrected chi connectivity index (χ4v) is 6.05. The highest BCUT2D eigenvalue weighted by Crippen LogP contribution is 2.44. The molecule has 1 saturated heterocycles. The molecule has 1 aliphatic heterocycles. The summed E-state index contributed by atoms with van der Waals surface area (Å²) in [5.74, 6) is -1.72. The predicted octanol–water partition coefficient (Wildman–Crippen LogP) is 7.01. The summed E-state index contributed by atoms with van der Waals surface area (Å²) in [4.78, 5) is 27.8. The van der Waals surface area contributed by atoms with Gasteiger partial charge in [-0.1, -0.05) is 74.9 Å². The first kappa shape index (κ1) is 25.6. The van der Waals surface area contributed by atoms with E-state index in [0.29, 0.717) is 26.2 Å². The number of rotatable bonds is 6. The van der Waals surface area contributed by atoms with Crippen LogP contribution in [-0.4, -0.2) is 27.0 Å². The van der Waals surface area contributed by atoms with Gasteiger partial charge in [0.2, 0.25) is 5.13 Å². The fraction of sp³-hybridized carbons (Fsp3) is 0.0769. The maximum Gasteiger partial charge on any atom is 0.301 e. The van der Waals surface area contributed by atoms with Gasteiger partial charge in [0, 0.05) is 20.8 Å². The number of nitrogens with zero attached hydrogens (tertiary/aromatic N) is 3. The molecule has 1 unspecified atom stereocenters. The number of carbonyl (C=O) groups is 2. The normalized spacial score (nSPS) is 16.9. The van der Waals surface area contributed by atoms with Crippen LogP contribution >= 0.6 is 50.6 Å². The fourth-order valence-electron chi connectivity index (χ4n) is 3.84. The molecule has 1 aromatic heterocycles. The van der Waals surface area contributed by atoms with Crippen LogP contribution in [0, 0.1) is 5.82 Å². The van der Waals surface area contributed by atoms with Crippen molar-refractivity contribution in [3.63, 3.8) is 0 Å². The molecule has 1 aliphatic rings. The molecular formula is C26H16BrClFN3O3S2. The summed E-state index contributed by atoms with van der Waals surface area (Å²) in [6.45, 7) is 0. The smallest absolute Gasteiger partial charge is 0.301 e. The number of aliphatic hydroxyl groups excluding tert-OH is 1. The number of aliphatic hydroxyl groups is 1. The van der Waals surface area contributed by atoms with Crippen LogP contribution in [0.1, 0.15) is 22.7 Å². The van der Waals surface area contributed by atoms with Crippen molar-refractivity contribution in [2.75, 3.05) is 4.90 Å². The number of amides is 1. The highest BCUT2D eigenvalue weighted by molar-refractivity contribution is 9.10. The van der Waals surface area contributed by atoms with E-state index < -0.39 is 17.7 Å². The number of hydrogen-bond donors (Lipinski definition) is 1. The average molecular weight is 617 g/mol. The van der Waals surface area contributed by atoms with E-state index in [4.69, 9.17) is 11.6 Å². The summed E-state index contributed by atoms with van der Waals surface area (Å²) >= 11 is 11.9. The molecule has 0 aliphatic carbocycles. The maximum absolute atomic E-state index is 13.3. The molecule has 0 saturated carbocycles. The molecule has 1 N–H and O–H groups in total. The molecule has 1 amide bonds. The van der Waals surface area contributed by atoms with Crippen molar-refractivity contribution >= 4 is 73.2 Å². The Bertz CT molecular complexity index is 1510. The van der Waals surface area contributed by atoms with E-state index in [1.165, 1.54) is 28.8 Å². The minimum Gasteiger partial charge on any atom is -0.507 e. The second-order valence-electron chi connectivity index (χ2n) is 7.99. The molecule has 1 atom stereocenters. The topological polar surface area (TPSA) is 83.4 Å². The number of hydrogen-bond acceptors (Lipinski definition) is 7. The summed E-state index contributed by atoms with van der Waals surface area (Å²) in [7, 11) is 0. The largest absolute Gasteiger partial charge is 0.507 e. The Morgan fingerprint density at radius 2 is 1.70 bits per heavy atom. The van der Waals surface area contributed by atoms with Crippen molar-refractivity contribution in [1.82, 2.24) is 10.2 Å². The number of halogens is 3. The standard InChI is InChI=1S/C26H16BrClFN3O3S2/c27-17-7-3-15(4-8-17)21-20(22(33)16-5-9-18(28)10-6-16)23(34)24(35)32(21)25-30-31-26(37-25)36-13-14-1-11-19(29)12-2-14/h1-12,21,33H,13H2/b22-20-. The lowest BCUT2D eigenvalue weighted by Crippen LogP contribution is -2.29. The van der Waals surface area contributed by atoms with Gasteiger partial charge in [-0.15, -0.1) is 10.2 Å². The van der Waals surface area contributed by atoms with Gasteiger partial charge in [0.25, 0.3) is 5.78 Å². The molecule has 5 rings (SSSR count). The van der Waals surface area contributed by atoms with Crippen LogP contribution in [0.5, 0.6) is 0 Å². The molecule has 186 valence electrons. The zero-order chi connectivity index (χ0) is 26.1. The average Bonchev–Trinajstić information content (AvgIpc) is 3.46. The van der Waals surface area contributed by atoms with Crippen molar-refractivity contribution in [1.29, 1.82) is 0 Å². The lowest BCUT2D eigenvalue weighted by molar-refractivity contribution is -0.132. The van der Waals surface area contributed by atoms with E-state index in [9.17, 15) is 19.1 Å². The van der Waals surface area contributed by atoms with E-state index in [1.54, 1.807) is 60.7 Å². The van der Waals surface area contributed by atoms with Gasteiger partial charge >= 0.3 is 5.91 Å². The Labute approximate surface area is 232 Å². The van der Waals surface area contributed by atoms with Crippen LogP contribution < -0.4 is 4.90 Å². The number of benzene rings is 3. The van der Waals surface area contributed by atoms with Gasteiger partial charge in [0.15, 0.2) is 4.34 Å². The second kappa shape index (κ2) is 10.7. The van der Waals surface area contributed by atoms with Crippen LogP contribution in [-0.2, 0) is 15.3 Å². The van der Waals surface area contributed by atoms with Crippen LogP contribution in [0.15, 0.2) is 87.2 Å². The van der Waals surface area contributed by atoms with Gasteiger partial charge in [0.05, 0.1) is 11.6 Å². The number of Topliss-reactive ketones (excluding diaryl/α,β-unsaturated/α-hetero) is 1. The second-order valence-corrected chi connectivity index (χ2v) is 11.5. The lowest BCUT2D eigenvalue weighted by Gasteiger charge is -2.22. The summed E-state index contributed by atoms with van der Waals surface area (Å²) in [6.07, 6.45) is 0. The van der Waals surface area contributed by atoms with Crippen molar-refractivity contribution in [2.45, 2.75) is 16.1 Å². The van der Waals surface area contributed by atoms with E-state index in [1.807, 2.05) is 0 Å². The summed E-state index contributed by atoms with van der Waals surface area (Å²) in [6, 6.07) is 18.7. The molecular weight excluding hydrogens is 601 g/mol. The van der Waals surface area contributed by atoms with Crippen molar-refractivity contribution in [2.24, 2.45) is 0 Å². The van der Waals surface area contributed by atoms with Gasteiger partial charge in [-0.05, 0) is 59.7 Å². The number of thioether (sulfide) groups is 1. The monoisotopic (exact) mass is 615 g/mol. The highest BCUT2D eigenvalue weighted by atomic mass is 79.9. The zero-order valence-corrected chi connectivity index (χ0v) is 22.7. The molecule has 1 fully saturated rings. The van der Waals surface area contributed by atoms with Gasteiger partial charge < -0.3 is 5.11 Å². The van der Waals surface area contributed by atoms with Crippen molar-refractivity contribution in [3.8, 4) is 0 Å². The third-order valence-corrected chi connectivity index (χ3v) is 8.53. The summed E-state index contributed by atoms with van der Waals surface area (Å²) in [5, 5.41) is 20.2. The van der Waals surface area contributed by atoms with E-state index in [-0.39, 0.29) is 22.3 Å². The number of aromatic nitrogens is 2. The minimum absolute atomic E-state index is 0.0506. The molecule has 3 aromatic carbocycles. The van der Waals surface area contributed by atoms with E-state index in [0.717, 1.165) is 21.4 Å². The number of ketones is 1. The molecule has 6 nitrogen and oxygen atoms in total. The van der Waals surface area contributed by atoms with Crippen LogP contribution in [0.3, 0.4) is 0 Å². The third kappa shape index (κ3) is 5.33. The van der Waals surface area contributed by atoms with E-state index in [2.05, 4.69) is 26.1 Å². The van der Waals surface area contributed by atoms with Gasteiger partial charge in [-0.2, -0.15) is 0 Å². The molecule has 37 heavy (non-hydrogen) atoms. The summed E-state index contributed by atoms with van der Waals surface area (Å²) < 4.78 is 14.6. The third-order valence-electron chi connectivity index (χ3n) is 5.63. The number of carbonyl (C=O) groups excluding carboxylic acids is 2. The molecule has 0 spiro atoms. The van der Waals surface area contributed by atoms with Crippen LogP contribution in [0.25, 0.3) is 5.76 Å². The Morgan fingerprint density at radius 3 is 2.38 bits per heavy atom.